The summed E-state index contributed by atoms with van der Waals surface area (Å²) in [7, 11) is -7.06. The minimum absolute atomic E-state index is 0.0649. The van der Waals surface area contributed by atoms with Crippen molar-refractivity contribution < 1.29 is 12.6 Å². The van der Waals surface area contributed by atoms with Gasteiger partial charge in [-0.3, -0.25) is 0 Å². The normalized spacial score (nSPS) is 15.6. The van der Waals surface area contributed by atoms with Gasteiger partial charge in [0.05, 0.1) is 14.6 Å². The van der Waals surface area contributed by atoms with Gasteiger partial charge < -0.3 is 0 Å². The van der Waals surface area contributed by atoms with Crippen LogP contribution in [0.2, 0.25) is 0 Å². The van der Waals surface area contributed by atoms with Gasteiger partial charge in [0.2, 0.25) is 0 Å². The van der Waals surface area contributed by atoms with Crippen LogP contribution in [0.1, 0.15) is 25.8 Å². The van der Waals surface area contributed by atoms with Gasteiger partial charge in [0.1, 0.15) is 0 Å². The van der Waals surface area contributed by atoms with Crippen molar-refractivity contribution in [2.24, 2.45) is 3.77 Å². The molecule has 0 N–H and O–H groups in total. The molecule has 0 radical (unpaired) electrons. The summed E-state index contributed by atoms with van der Waals surface area (Å²) < 4.78 is 42.5. The van der Waals surface area contributed by atoms with Gasteiger partial charge in [0.25, 0.3) is 10.0 Å². The molecule has 2 aromatic rings. The lowest BCUT2D eigenvalue weighted by molar-refractivity contribution is 0.597. The Morgan fingerprint density at radius 3 is 2.00 bits per heavy atom. The summed E-state index contributed by atoms with van der Waals surface area (Å²) in [6.07, 6.45) is 0.570. The molecule has 0 saturated carbocycles. The smallest absolute Gasteiger partial charge is 0.243 e. The van der Waals surface area contributed by atoms with Crippen LogP contribution in [0.25, 0.3) is 0 Å². The standard InChI is InChI=1S/C17H21NO3S2/c1-4-15(3)22(19,16-8-6-5-7-9-16)18-23(20,21)17-12-10-14(2)11-13-17/h5-13,15H,4H2,1-3H3. The van der Waals surface area contributed by atoms with Gasteiger partial charge >= 0.3 is 0 Å². The fraction of sp³-hybridized carbons (Fsp3) is 0.294. The van der Waals surface area contributed by atoms with Gasteiger partial charge in [-0.2, -0.15) is 8.42 Å². The highest BCUT2D eigenvalue weighted by Gasteiger charge is 2.25. The fourth-order valence-corrected chi connectivity index (χ4v) is 6.48. The molecule has 0 bridgehead atoms. The van der Waals surface area contributed by atoms with Gasteiger partial charge in [0, 0.05) is 10.1 Å². The Bertz CT molecular complexity index is 879. The minimum Gasteiger partial charge on any atom is -0.243 e. The lowest BCUT2D eigenvalue weighted by Crippen LogP contribution is -2.19. The molecule has 2 unspecified atom stereocenters. The Labute approximate surface area is 138 Å². The zero-order valence-electron chi connectivity index (χ0n) is 13.5. The van der Waals surface area contributed by atoms with Crippen LogP contribution in [0, 0.1) is 6.92 Å². The highest BCUT2D eigenvalue weighted by atomic mass is 32.3. The molecule has 4 nitrogen and oxygen atoms in total. The van der Waals surface area contributed by atoms with Crippen LogP contribution in [-0.2, 0) is 19.8 Å². The molecular formula is C17H21NO3S2. The summed E-state index contributed by atoms with van der Waals surface area (Å²) in [5.41, 5.74) is 0.953. The average Bonchev–Trinajstić information content (AvgIpc) is 2.54. The quantitative estimate of drug-likeness (QED) is 0.817. The lowest BCUT2D eigenvalue weighted by Gasteiger charge is -2.16. The van der Waals surface area contributed by atoms with Gasteiger partial charge in [-0.1, -0.05) is 42.8 Å². The monoisotopic (exact) mass is 351 g/mol. The number of rotatable bonds is 5. The molecule has 6 heteroatoms. The molecule has 0 aliphatic heterocycles. The third-order valence-electron chi connectivity index (χ3n) is 3.73. The van der Waals surface area contributed by atoms with E-state index in [-0.39, 0.29) is 10.1 Å². The van der Waals surface area contributed by atoms with Crippen molar-refractivity contribution in [3.05, 3.63) is 60.2 Å². The number of aryl methyl sites for hydroxylation is 1. The minimum atomic E-state index is -3.99. The molecule has 2 aromatic carbocycles. The lowest BCUT2D eigenvalue weighted by atomic mass is 10.2. The second kappa shape index (κ2) is 6.84. The van der Waals surface area contributed by atoms with Crippen molar-refractivity contribution in [2.45, 2.75) is 42.2 Å². The van der Waals surface area contributed by atoms with Gasteiger partial charge in [0.15, 0.2) is 0 Å². The van der Waals surface area contributed by atoms with E-state index in [9.17, 15) is 12.6 Å². The zero-order chi connectivity index (χ0) is 17.1. The summed E-state index contributed by atoms with van der Waals surface area (Å²) in [4.78, 5) is 0.514. The molecule has 2 atom stereocenters. The summed E-state index contributed by atoms with van der Waals surface area (Å²) in [5, 5.41) is -0.370. The van der Waals surface area contributed by atoms with E-state index in [1.54, 1.807) is 49.4 Å². The number of nitrogens with zero attached hydrogens (tertiary/aromatic N) is 1. The Morgan fingerprint density at radius 2 is 1.48 bits per heavy atom. The summed E-state index contributed by atoms with van der Waals surface area (Å²) >= 11 is 0. The third-order valence-corrected chi connectivity index (χ3v) is 8.64. The molecule has 0 saturated heterocycles. The first kappa shape index (κ1) is 17.7. The second-order valence-electron chi connectivity index (χ2n) is 5.46. The Balaban J connectivity index is 2.67. The number of hydrogen-bond acceptors (Lipinski definition) is 3. The van der Waals surface area contributed by atoms with E-state index < -0.39 is 19.8 Å². The van der Waals surface area contributed by atoms with Crippen LogP contribution in [0.4, 0.5) is 0 Å². The third kappa shape index (κ3) is 3.82. The molecule has 0 fully saturated rings. The predicted octanol–water partition coefficient (Wildman–Crippen LogP) is 4.01. The first-order valence-corrected chi connectivity index (χ1v) is 10.5. The highest BCUT2D eigenvalue weighted by Crippen LogP contribution is 2.25. The first-order chi connectivity index (χ1) is 10.8. The van der Waals surface area contributed by atoms with E-state index in [0.717, 1.165) is 5.56 Å². The number of benzene rings is 2. The summed E-state index contributed by atoms with van der Waals surface area (Å²) in [6, 6.07) is 15.0. The summed E-state index contributed by atoms with van der Waals surface area (Å²) in [6.45, 7) is 5.52. The van der Waals surface area contributed by atoms with Crippen LogP contribution in [0.15, 0.2) is 68.2 Å². The maximum atomic E-state index is 13.4. The topological polar surface area (TPSA) is 63.6 Å². The highest BCUT2D eigenvalue weighted by molar-refractivity contribution is 8.03. The Morgan fingerprint density at radius 1 is 0.913 bits per heavy atom. The molecule has 0 heterocycles. The first-order valence-electron chi connectivity index (χ1n) is 7.43. The van der Waals surface area contributed by atoms with Crippen molar-refractivity contribution in [2.75, 3.05) is 0 Å². The van der Waals surface area contributed by atoms with Crippen LogP contribution < -0.4 is 0 Å². The SMILES string of the molecule is CCC(C)S(=O)(=NS(=O)(=O)c1ccc(C)cc1)c1ccccc1. The van der Waals surface area contributed by atoms with E-state index in [1.165, 1.54) is 12.1 Å². The maximum Gasteiger partial charge on any atom is 0.290 e. The van der Waals surface area contributed by atoms with Crippen molar-refractivity contribution in [1.82, 2.24) is 0 Å². The van der Waals surface area contributed by atoms with Gasteiger partial charge in [-0.05, 0) is 44.5 Å². The van der Waals surface area contributed by atoms with E-state index >= 15 is 0 Å². The largest absolute Gasteiger partial charge is 0.290 e. The van der Waals surface area contributed by atoms with Crippen LogP contribution in [0.3, 0.4) is 0 Å². The van der Waals surface area contributed by atoms with Crippen LogP contribution >= 0.6 is 0 Å². The van der Waals surface area contributed by atoms with E-state index in [2.05, 4.69) is 3.77 Å². The van der Waals surface area contributed by atoms with E-state index in [1.807, 2.05) is 13.8 Å². The Kier molecular flexibility index (Phi) is 5.26. The van der Waals surface area contributed by atoms with Crippen molar-refractivity contribution in [3.63, 3.8) is 0 Å². The van der Waals surface area contributed by atoms with Crippen molar-refractivity contribution >= 4 is 19.8 Å². The van der Waals surface area contributed by atoms with Crippen molar-refractivity contribution in [3.8, 4) is 0 Å². The maximum absolute atomic E-state index is 13.4. The molecule has 23 heavy (non-hydrogen) atoms. The molecule has 2 rings (SSSR count). The second-order valence-corrected chi connectivity index (χ2v) is 9.89. The molecule has 0 spiro atoms. The molecule has 0 aromatic heterocycles. The molecule has 0 amide bonds. The van der Waals surface area contributed by atoms with Crippen LogP contribution in [-0.4, -0.2) is 17.9 Å². The molecule has 124 valence electrons. The summed E-state index contributed by atoms with van der Waals surface area (Å²) in [5.74, 6) is 0. The van der Waals surface area contributed by atoms with Gasteiger partial charge in [-0.15, -0.1) is 3.77 Å². The van der Waals surface area contributed by atoms with Crippen molar-refractivity contribution in [1.29, 1.82) is 0 Å². The predicted molar refractivity (Wildman–Crippen MR) is 93.4 cm³/mol. The average molecular weight is 351 g/mol. The Hall–Kier alpha value is -1.66. The molecule has 0 aliphatic rings. The van der Waals surface area contributed by atoms with Crippen LogP contribution in [0.5, 0.6) is 0 Å². The van der Waals surface area contributed by atoms with Gasteiger partial charge in [-0.25, -0.2) is 4.21 Å². The molecular weight excluding hydrogens is 330 g/mol. The van der Waals surface area contributed by atoms with E-state index in [0.29, 0.717) is 11.3 Å². The number of hydrogen-bond donors (Lipinski definition) is 0. The zero-order valence-corrected chi connectivity index (χ0v) is 15.1. The molecule has 0 aliphatic carbocycles. The van der Waals surface area contributed by atoms with E-state index in [4.69, 9.17) is 0 Å². The number of sulfonamides is 1. The fourth-order valence-electron chi connectivity index (χ4n) is 2.09.